The maximum atomic E-state index is 12.6. The van der Waals surface area contributed by atoms with E-state index in [2.05, 4.69) is 5.16 Å². The van der Waals surface area contributed by atoms with Gasteiger partial charge in [0.25, 0.3) is 5.91 Å². The van der Waals surface area contributed by atoms with Crippen LogP contribution in [0.2, 0.25) is 0 Å². The molecule has 1 amide bonds. The van der Waals surface area contributed by atoms with Crippen molar-refractivity contribution in [2.45, 2.75) is 6.92 Å². The van der Waals surface area contributed by atoms with Gasteiger partial charge in [0, 0.05) is 11.9 Å². The van der Waals surface area contributed by atoms with Crippen molar-refractivity contribution in [3.05, 3.63) is 78.4 Å². The summed E-state index contributed by atoms with van der Waals surface area (Å²) < 4.78 is 0. The van der Waals surface area contributed by atoms with Gasteiger partial charge in [-0.05, 0) is 23.9 Å². The molecule has 0 fully saturated rings. The van der Waals surface area contributed by atoms with Crippen LogP contribution in [-0.4, -0.2) is 25.3 Å². The molecule has 126 valence electrons. The third-order valence-corrected chi connectivity index (χ3v) is 3.94. The van der Waals surface area contributed by atoms with Crippen LogP contribution in [0.5, 0.6) is 0 Å². The third kappa shape index (κ3) is 4.04. The van der Waals surface area contributed by atoms with Crippen LogP contribution in [0.25, 0.3) is 10.8 Å². The standard InChI is InChI=1S/C21H20N2O2/c1-2-23(20-14-8-12-18-11-6-7-13-19(18)20)21(24)16-25-22-15-17-9-4-3-5-10-17/h3-15H,2,16H2,1H3/b22-15+. The number of carbonyl (C=O) groups excluding carboxylic acids is 1. The van der Waals surface area contributed by atoms with Gasteiger partial charge in [-0.3, -0.25) is 4.79 Å². The Kier molecular flexibility index (Phi) is 5.42. The monoisotopic (exact) mass is 332 g/mol. The van der Waals surface area contributed by atoms with Crippen molar-refractivity contribution < 1.29 is 9.63 Å². The molecule has 0 unspecified atom stereocenters. The fourth-order valence-electron chi connectivity index (χ4n) is 2.73. The fourth-order valence-corrected chi connectivity index (χ4v) is 2.73. The molecule has 0 saturated heterocycles. The van der Waals surface area contributed by atoms with Crippen LogP contribution in [0.3, 0.4) is 0 Å². The van der Waals surface area contributed by atoms with Gasteiger partial charge in [-0.2, -0.15) is 0 Å². The normalized spacial score (nSPS) is 10.9. The molecule has 0 saturated carbocycles. The van der Waals surface area contributed by atoms with Crippen molar-refractivity contribution in [1.82, 2.24) is 0 Å². The topological polar surface area (TPSA) is 41.9 Å². The molecule has 0 heterocycles. The van der Waals surface area contributed by atoms with Gasteiger partial charge in [-0.15, -0.1) is 0 Å². The largest absolute Gasteiger partial charge is 0.386 e. The smallest absolute Gasteiger partial charge is 0.267 e. The van der Waals surface area contributed by atoms with Crippen molar-refractivity contribution in [3.63, 3.8) is 0 Å². The summed E-state index contributed by atoms with van der Waals surface area (Å²) in [5.74, 6) is -0.121. The van der Waals surface area contributed by atoms with Gasteiger partial charge in [0.05, 0.1) is 11.9 Å². The zero-order valence-corrected chi connectivity index (χ0v) is 14.1. The molecular formula is C21H20N2O2. The predicted octanol–water partition coefficient (Wildman–Crippen LogP) is 4.24. The lowest BCUT2D eigenvalue weighted by Crippen LogP contribution is -2.33. The van der Waals surface area contributed by atoms with Crippen molar-refractivity contribution >= 4 is 28.6 Å². The minimum Gasteiger partial charge on any atom is -0.386 e. The van der Waals surface area contributed by atoms with Crippen LogP contribution in [-0.2, 0) is 9.63 Å². The van der Waals surface area contributed by atoms with Crippen LogP contribution in [0.1, 0.15) is 12.5 Å². The summed E-state index contributed by atoms with van der Waals surface area (Å²) in [4.78, 5) is 19.5. The van der Waals surface area contributed by atoms with Crippen LogP contribution in [0.4, 0.5) is 5.69 Å². The Morgan fingerprint density at radius 1 is 1.00 bits per heavy atom. The number of hydrogen-bond donors (Lipinski definition) is 0. The lowest BCUT2D eigenvalue weighted by Gasteiger charge is -2.22. The second-order valence-electron chi connectivity index (χ2n) is 5.55. The molecule has 0 N–H and O–H groups in total. The number of anilines is 1. The Balaban J connectivity index is 1.70. The summed E-state index contributed by atoms with van der Waals surface area (Å²) in [5, 5.41) is 6.04. The molecule has 0 aliphatic carbocycles. The Hall–Kier alpha value is -3.14. The molecule has 4 nitrogen and oxygen atoms in total. The van der Waals surface area contributed by atoms with Gasteiger partial charge in [0.1, 0.15) is 0 Å². The maximum Gasteiger partial charge on any atom is 0.267 e. The number of nitrogens with zero attached hydrogens (tertiary/aromatic N) is 2. The van der Waals surface area contributed by atoms with E-state index in [1.54, 1.807) is 11.1 Å². The number of carbonyl (C=O) groups is 1. The molecule has 25 heavy (non-hydrogen) atoms. The number of fused-ring (bicyclic) bond motifs is 1. The second-order valence-corrected chi connectivity index (χ2v) is 5.55. The van der Waals surface area contributed by atoms with Crippen LogP contribution >= 0.6 is 0 Å². The van der Waals surface area contributed by atoms with Crippen LogP contribution in [0, 0.1) is 0 Å². The molecule has 4 heteroatoms. The second kappa shape index (κ2) is 8.11. The number of amides is 1. The van der Waals surface area contributed by atoms with E-state index in [9.17, 15) is 4.79 Å². The number of oxime groups is 1. The molecule has 0 aliphatic heterocycles. The summed E-state index contributed by atoms with van der Waals surface area (Å²) in [6.45, 7) is 2.42. The predicted molar refractivity (Wildman–Crippen MR) is 102 cm³/mol. The SMILES string of the molecule is CCN(C(=O)CO/N=C/c1ccccc1)c1cccc2ccccc12. The van der Waals surface area contributed by atoms with Crippen molar-refractivity contribution in [2.75, 3.05) is 18.1 Å². The highest BCUT2D eigenvalue weighted by Crippen LogP contribution is 2.26. The Morgan fingerprint density at radius 2 is 1.72 bits per heavy atom. The van der Waals surface area contributed by atoms with Gasteiger partial charge in [-0.1, -0.05) is 71.9 Å². The molecule has 0 bridgehead atoms. The quantitative estimate of drug-likeness (QED) is 0.500. The van der Waals surface area contributed by atoms with Gasteiger partial charge >= 0.3 is 0 Å². The fraction of sp³-hybridized carbons (Fsp3) is 0.143. The Bertz CT molecular complexity index is 870. The van der Waals surface area contributed by atoms with Crippen molar-refractivity contribution in [1.29, 1.82) is 0 Å². The van der Waals surface area contributed by atoms with Crippen molar-refractivity contribution in [3.8, 4) is 0 Å². The highest BCUT2D eigenvalue weighted by molar-refractivity contribution is 6.04. The minimum atomic E-state index is -0.121. The van der Waals surface area contributed by atoms with Gasteiger partial charge < -0.3 is 9.74 Å². The lowest BCUT2D eigenvalue weighted by molar-refractivity contribution is -0.123. The zero-order chi connectivity index (χ0) is 17.5. The molecular weight excluding hydrogens is 312 g/mol. The van der Waals surface area contributed by atoms with Crippen LogP contribution in [0.15, 0.2) is 78.0 Å². The van der Waals surface area contributed by atoms with Crippen LogP contribution < -0.4 is 4.90 Å². The first-order chi connectivity index (χ1) is 12.3. The summed E-state index contributed by atoms with van der Waals surface area (Å²) in [6, 6.07) is 23.6. The van der Waals surface area contributed by atoms with E-state index in [-0.39, 0.29) is 12.5 Å². The third-order valence-electron chi connectivity index (χ3n) is 3.94. The number of rotatable bonds is 6. The van der Waals surface area contributed by atoms with E-state index < -0.39 is 0 Å². The molecule has 0 atom stereocenters. The van der Waals surface area contributed by atoms with E-state index in [4.69, 9.17) is 4.84 Å². The first kappa shape index (κ1) is 16.7. The average molecular weight is 332 g/mol. The molecule has 0 spiro atoms. The van der Waals surface area contributed by atoms with Gasteiger partial charge in [0.2, 0.25) is 0 Å². The highest BCUT2D eigenvalue weighted by Gasteiger charge is 2.16. The average Bonchev–Trinajstić information content (AvgIpc) is 2.67. The van der Waals surface area contributed by atoms with E-state index >= 15 is 0 Å². The van der Waals surface area contributed by atoms with Gasteiger partial charge in [-0.25, -0.2) is 0 Å². The Morgan fingerprint density at radius 3 is 2.52 bits per heavy atom. The van der Waals surface area contributed by atoms with E-state index in [1.165, 1.54) is 0 Å². The highest BCUT2D eigenvalue weighted by atomic mass is 16.6. The lowest BCUT2D eigenvalue weighted by atomic mass is 10.1. The maximum absolute atomic E-state index is 12.6. The molecule has 3 aromatic carbocycles. The number of hydrogen-bond acceptors (Lipinski definition) is 3. The molecule has 0 aliphatic rings. The zero-order valence-electron chi connectivity index (χ0n) is 14.1. The summed E-state index contributed by atoms with van der Waals surface area (Å²) in [5.41, 5.74) is 1.82. The minimum absolute atomic E-state index is 0.0968. The summed E-state index contributed by atoms with van der Waals surface area (Å²) >= 11 is 0. The first-order valence-corrected chi connectivity index (χ1v) is 8.28. The Labute approximate surface area is 147 Å². The first-order valence-electron chi connectivity index (χ1n) is 8.28. The van der Waals surface area contributed by atoms with E-state index in [0.717, 1.165) is 22.0 Å². The van der Waals surface area contributed by atoms with E-state index in [1.807, 2.05) is 79.7 Å². The molecule has 0 aromatic heterocycles. The molecule has 0 radical (unpaired) electrons. The summed E-state index contributed by atoms with van der Waals surface area (Å²) in [6.07, 6.45) is 1.60. The summed E-state index contributed by atoms with van der Waals surface area (Å²) in [7, 11) is 0. The number of likely N-dealkylation sites (N-methyl/N-ethyl adjacent to an activating group) is 1. The van der Waals surface area contributed by atoms with E-state index in [0.29, 0.717) is 6.54 Å². The van der Waals surface area contributed by atoms with Crippen molar-refractivity contribution in [2.24, 2.45) is 5.16 Å². The molecule has 3 rings (SSSR count). The molecule has 3 aromatic rings. The number of benzene rings is 3. The van der Waals surface area contributed by atoms with Gasteiger partial charge in [0.15, 0.2) is 6.61 Å².